The summed E-state index contributed by atoms with van der Waals surface area (Å²) in [6, 6.07) is 6.88. The number of rotatable bonds is 2. The number of nitrogens with one attached hydrogen (secondary N) is 1. The lowest BCUT2D eigenvalue weighted by Crippen LogP contribution is -2.59. The van der Waals surface area contributed by atoms with Crippen molar-refractivity contribution in [2.45, 2.75) is 32.1 Å². The van der Waals surface area contributed by atoms with Crippen molar-refractivity contribution < 1.29 is 13.2 Å². The van der Waals surface area contributed by atoms with Crippen LogP contribution in [0.5, 0.6) is 0 Å². The predicted molar refractivity (Wildman–Crippen MR) is 62.2 cm³/mol. The monoisotopic (exact) mass is 244 g/mol. The molecule has 0 aromatic heterocycles. The van der Waals surface area contributed by atoms with Gasteiger partial charge in [0.1, 0.15) is 0 Å². The van der Waals surface area contributed by atoms with E-state index >= 15 is 0 Å². The molecule has 0 saturated heterocycles. The van der Waals surface area contributed by atoms with Crippen molar-refractivity contribution in [3.63, 3.8) is 0 Å². The van der Waals surface area contributed by atoms with Gasteiger partial charge in [0.2, 0.25) is 5.66 Å². The zero-order chi connectivity index (χ0) is 12.7. The first-order chi connectivity index (χ1) is 7.90. The second kappa shape index (κ2) is 3.82. The highest BCUT2D eigenvalue weighted by Gasteiger charge is 2.58. The quantitative estimate of drug-likeness (QED) is 0.855. The van der Waals surface area contributed by atoms with E-state index in [1.165, 1.54) is 11.8 Å². The Labute approximate surface area is 98.4 Å². The van der Waals surface area contributed by atoms with Gasteiger partial charge in [0.05, 0.1) is 11.4 Å². The zero-order valence-electron chi connectivity index (χ0n) is 9.80. The van der Waals surface area contributed by atoms with Crippen molar-refractivity contribution in [1.29, 1.82) is 0 Å². The molecule has 1 unspecified atom stereocenters. The van der Waals surface area contributed by atoms with Crippen LogP contribution in [0.25, 0.3) is 0 Å². The smallest absolute Gasteiger partial charge is 0.354 e. The van der Waals surface area contributed by atoms with Gasteiger partial charge in [0.15, 0.2) is 0 Å². The first-order valence-corrected chi connectivity index (χ1v) is 5.61. The molecule has 1 N–H and O–H groups in total. The highest BCUT2D eigenvalue weighted by molar-refractivity contribution is 5.78. The molecule has 0 amide bonds. The second-order valence-electron chi connectivity index (χ2n) is 4.36. The Morgan fingerprint density at radius 3 is 2.53 bits per heavy atom. The van der Waals surface area contributed by atoms with Crippen molar-refractivity contribution in [2.75, 3.05) is 16.8 Å². The van der Waals surface area contributed by atoms with Gasteiger partial charge in [-0.25, -0.2) is 0 Å². The zero-order valence-corrected chi connectivity index (χ0v) is 9.80. The molecule has 1 heterocycles. The summed E-state index contributed by atoms with van der Waals surface area (Å²) in [6.45, 7) is 3.43. The number of hydrogen-bond donors (Lipinski definition) is 1. The molecule has 1 aromatic carbocycles. The topological polar surface area (TPSA) is 15.3 Å². The third-order valence-corrected chi connectivity index (χ3v) is 3.11. The minimum atomic E-state index is -4.32. The standard InChI is InChI=1S/C12H15F3N2/c1-3-8-17-10-7-5-4-6-9(10)16-11(17,2)12(13,14)15/h4-7,16H,3,8H2,1-2H3. The Kier molecular flexibility index (Phi) is 2.72. The number of halogens is 3. The summed E-state index contributed by atoms with van der Waals surface area (Å²) in [7, 11) is 0. The van der Waals surface area contributed by atoms with Crippen LogP contribution in [0, 0.1) is 0 Å². The first-order valence-electron chi connectivity index (χ1n) is 5.61. The Bertz CT molecular complexity index is 416. The van der Waals surface area contributed by atoms with E-state index in [1.807, 2.05) is 6.92 Å². The normalized spacial score (nSPS) is 23.5. The van der Waals surface area contributed by atoms with Crippen LogP contribution >= 0.6 is 0 Å². The van der Waals surface area contributed by atoms with Crippen LogP contribution in [0.4, 0.5) is 24.5 Å². The van der Waals surface area contributed by atoms with Gasteiger partial charge in [-0.05, 0) is 25.5 Å². The Morgan fingerprint density at radius 1 is 1.29 bits per heavy atom. The fourth-order valence-electron chi connectivity index (χ4n) is 2.18. The molecular weight excluding hydrogens is 229 g/mol. The summed E-state index contributed by atoms with van der Waals surface area (Å²) in [5.41, 5.74) is -0.845. The summed E-state index contributed by atoms with van der Waals surface area (Å²) in [6.07, 6.45) is -3.65. The first kappa shape index (κ1) is 12.1. The van der Waals surface area contributed by atoms with Gasteiger partial charge in [-0.2, -0.15) is 13.2 Å². The van der Waals surface area contributed by atoms with Crippen LogP contribution in [0.15, 0.2) is 24.3 Å². The van der Waals surface area contributed by atoms with E-state index in [0.29, 0.717) is 24.3 Å². The van der Waals surface area contributed by atoms with Crippen molar-refractivity contribution in [1.82, 2.24) is 0 Å². The van der Waals surface area contributed by atoms with Crippen LogP contribution in [0.2, 0.25) is 0 Å². The minimum Gasteiger partial charge on any atom is -0.354 e. The van der Waals surface area contributed by atoms with E-state index in [9.17, 15) is 13.2 Å². The van der Waals surface area contributed by atoms with Crippen LogP contribution < -0.4 is 10.2 Å². The molecule has 0 spiro atoms. The SMILES string of the molecule is CCCN1c2ccccc2NC1(C)C(F)(F)F. The number of benzene rings is 1. The minimum absolute atomic E-state index is 0.375. The molecule has 2 nitrogen and oxygen atoms in total. The summed E-state index contributed by atoms with van der Waals surface area (Å²) < 4.78 is 39.5. The molecule has 94 valence electrons. The summed E-state index contributed by atoms with van der Waals surface area (Å²) in [5.74, 6) is 0. The van der Waals surface area contributed by atoms with Gasteiger partial charge in [-0.1, -0.05) is 19.1 Å². The van der Waals surface area contributed by atoms with E-state index in [4.69, 9.17) is 0 Å². The molecule has 0 bridgehead atoms. The number of alkyl halides is 3. The maximum atomic E-state index is 13.2. The lowest BCUT2D eigenvalue weighted by atomic mass is 10.1. The van der Waals surface area contributed by atoms with Crippen molar-refractivity contribution in [3.05, 3.63) is 24.3 Å². The third kappa shape index (κ3) is 1.73. The van der Waals surface area contributed by atoms with Gasteiger partial charge in [0, 0.05) is 6.54 Å². The van der Waals surface area contributed by atoms with E-state index in [1.54, 1.807) is 24.3 Å². The van der Waals surface area contributed by atoms with Gasteiger partial charge in [0.25, 0.3) is 0 Å². The molecule has 0 radical (unpaired) electrons. The number of hydrogen-bond acceptors (Lipinski definition) is 2. The van der Waals surface area contributed by atoms with E-state index in [2.05, 4.69) is 5.32 Å². The average molecular weight is 244 g/mol. The van der Waals surface area contributed by atoms with Crippen LogP contribution in [0.3, 0.4) is 0 Å². The van der Waals surface area contributed by atoms with Crippen molar-refractivity contribution >= 4 is 11.4 Å². The maximum Gasteiger partial charge on any atom is 0.430 e. The molecule has 5 heteroatoms. The fraction of sp³-hybridized carbons (Fsp3) is 0.500. The molecule has 0 aliphatic carbocycles. The summed E-state index contributed by atoms with van der Waals surface area (Å²) >= 11 is 0. The second-order valence-corrected chi connectivity index (χ2v) is 4.36. The predicted octanol–water partition coefficient (Wildman–Crippen LogP) is 3.61. The number of nitrogens with zero attached hydrogens (tertiary/aromatic N) is 1. The molecule has 0 fully saturated rings. The van der Waals surface area contributed by atoms with E-state index in [0.717, 1.165) is 0 Å². The highest BCUT2D eigenvalue weighted by Crippen LogP contribution is 2.46. The Hall–Kier alpha value is -1.39. The third-order valence-electron chi connectivity index (χ3n) is 3.11. The van der Waals surface area contributed by atoms with Gasteiger partial charge < -0.3 is 10.2 Å². The van der Waals surface area contributed by atoms with Gasteiger partial charge >= 0.3 is 6.18 Å². The van der Waals surface area contributed by atoms with Crippen LogP contribution in [0.1, 0.15) is 20.3 Å². The average Bonchev–Trinajstić information content (AvgIpc) is 2.53. The molecule has 0 saturated carbocycles. The molecule has 1 aromatic rings. The maximum absolute atomic E-state index is 13.2. The molecule has 1 aliphatic heterocycles. The molecule has 17 heavy (non-hydrogen) atoms. The lowest BCUT2D eigenvalue weighted by molar-refractivity contribution is -0.172. The van der Waals surface area contributed by atoms with Gasteiger partial charge in [-0.15, -0.1) is 0 Å². The molecule has 2 rings (SSSR count). The number of fused-ring (bicyclic) bond motifs is 1. The Morgan fingerprint density at radius 2 is 1.94 bits per heavy atom. The number of anilines is 2. The molecular formula is C12H15F3N2. The Balaban J connectivity index is 2.46. The van der Waals surface area contributed by atoms with E-state index < -0.39 is 11.8 Å². The largest absolute Gasteiger partial charge is 0.430 e. The van der Waals surface area contributed by atoms with Crippen LogP contribution in [-0.4, -0.2) is 18.4 Å². The number of para-hydroxylation sites is 2. The lowest BCUT2D eigenvalue weighted by Gasteiger charge is -2.38. The summed E-state index contributed by atoms with van der Waals surface area (Å²) in [5, 5.41) is 2.59. The molecule has 1 atom stereocenters. The fourth-order valence-corrected chi connectivity index (χ4v) is 2.18. The van der Waals surface area contributed by atoms with Crippen molar-refractivity contribution in [2.24, 2.45) is 0 Å². The molecule has 1 aliphatic rings. The van der Waals surface area contributed by atoms with Gasteiger partial charge in [-0.3, -0.25) is 0 Å². The summed E-state index contributed by atoms with van der Waals surface area (Å²) in [4.78, 5) is 1.39. The van der Waals surface area contributed by atoms with E-state index in [-0.39, 0.29) is 0 Å². The highest BCUT2D eigenvalue weighted by atomic mass is 19.4. The van der Waals surface area contributed by atoms with Crippen LogP contribution in [-0.2, 0) is 0 Å². The van der Waals surface area contributed by atoms with Crippen molar-refractivity contribution in [3.8, 4) is 0 Å².